The molecule has 144 valence electrons. The van der Waals surface area contributed by atoms with E-state index in [4.69, 9.17) is 14.2 Å². The van der Waals surface area contributed by atoms with E-state index in [9.17, 15) is 9.59 Å². The Morgan fingerprint density at radius 1 is 1.12 bits per heavy atom. The van der Waals surface area contributed by atoms with Crippen molar-refractivity contribution >= 4 is 12.0 Å². The van der Waals surface area contributed by atoms with Crippen molar-refractivity contribution in [3.63, 3.8) is 0 Å². The van der Waals surface area contributed by atoms with Gasteiger partial charge in [0.1, 0.15) is 12.7 Å². The maximum absolute atomic E-state index is 12.4. The fourth-order valence-electron chi connectivity index (χ4n) is 2.54. The molecule has 0 radical (unpaired) electrons. The number of carbonyl (C=O) groups excluding carboxylic acids is 2. The zero-order valence-electron chi connectivity index (χ0n) is 15.8. The Labute approximate surface area is 154 Å². The molecule has 1 aromatic rings. The summed E-state index contributed by atoms with van der Waals surface area (Å²) in [5, 5.41) is 5.39. The quantitative estimate of drug-likeness (QED) is 0.756. The first kappa shape index (κ1) is 20.2. The van der Waals surface area contributed by atoms with Crippen molar-refractivity contribution in [2.24, 2.45) is 5.41 Å². The molecule has 0 bridgehead atoms. The average Bonchev–Trinajstić information content (AvgIpc) is 2.60. The molecule has 1 atom stereocenters. The van der Waals surface area contributed by atoms with Crippen LogP contribution in [0.5, 0.6) is 0 Å². The predicted octanol–water partition coefficient (Wildman–Crippen LogP) is 2.21. The maximum atomic E-state index is 12.4. The Morgan fingerprint density at radius 3 is 2.46 bits per heavy atom. The Balaban J connectivity index is 1.68. The molecule has 1 unspecified atom stereocenters. The number of rotatable bonds is 6. The molecular formula is C19H28N2O5. The van der Waals surface area contributed by atoms with Crippen molar-refractivity contribution in [2.45, 2.75) is 46.2 Å². The molecule has 2 rings (SSSR count). The van der Waals surface area contributed by atoms with Gasteiger partial charge in [-0.3, -0.25) is 4.79 Å². The van der Waals surface area contributed by atoms with Crippen LogP contribution in [0, 0.1) is 5.41 Å². The number of carbonyl (C=O) groups is 2. The lowest BCUT2D eigenvalue weighted by Crippen LogP contribution is -2.57. The highest BCUT2D eigenvalue weighted by Gasteiger charge is 2.45. The number of hydrogen-bond acceptors (Lipinski definition) is 5. The molecule has 26 heavy (non-hydrogen) atoms. The molecule has 1 heterocycles. The lowest BCUT2D eigenvalue weighted by atomic mass is 9.85. The van der Waals surface area contributed by atoms with Gasteiger partial charge in [0.2, 0.25) is 5.91 Å². The van der Waals surface area contributed by atoms with Gasteiger partial charge >= 0.3 is 6.09 Å². The van der Waals surface area contributed by atoms with Crippen molar-refractivity contribution < 1.29 is 23.8 Å². The molecule has 2 amide bonds. The van der Waals surface area contributed by atoms with E-state index in [1.165, 1.54) is 0 Å². The van der Waals surface area contributed by atoms with Crippen molar-refractivity contribution in [3.8, 4) is 0 Å². The van der Waals surface area contributed by atoms with Gasteiger partial charge in [0.05, 0.1) is 6.61 Å². The monoisotopic (exact) mass is 364 g/mol. The summed E-state index contributed by atoms with van der Waals surface area (Å²) in [4.78, 5) is 24.1. The first-order valence-corrected chi connectivity index (χ1v) is 8.74. The minimum absolute atomic E-state index is 0.207. The van der Waals surface area contributed by atoms with Gasteiger partial charge in [-0.15, -0.1) is 0 Å². The van der Waals surface area contributed by atoms with E-state index in [1.807, 2.05) is 44.2 Å². The molecule has 2 N–H and O–H groups in total. The van der Waals surface area contributed by atoms with Gasteiger partial charge in [0.15, 0.2) is 5.79 Å². The number of benzene rings is 1. The van der Waals surface area contributed by atoms with E-state index in [0.717, 1.165) is 5.56 Å². The van der Waals surface area contributed by atoms with Gasteiger partial charge in [0.25, 0.3) is 0 Å². The van der Waals surface area contributed by atoms with Crippen LogP contribution in [-0.2, 0) is 25.6 Å². The maximum Gasteiger partial charge on any atom is 0.407 e. The average molecular weight is 364 g/mol. The van der Waals surface area contributed by atoms with Crippen LogP contribution in [0.3, 0.4) is 0 Å². The second-order valence-electron chi connectivity index (χ2n) is 7.45. The normalized spacial score (nSPS) is 20.8. The Bertz CT molecular complexity index is 616. The zero-order chi connectivity index (χ0) is 19.2. The Hall–Kier alpha value is -2.12. The second-order valence-corrected chi connectivity index (χ2v) is 7.45. The molecule has 1 aromatic carbocycles. The van der Waals surface area contributed by atoms with Crippen molar-refractivity contribution in [2.75, 3.05) is 19.7 Å². The number of amides is 2. The second kappa shape index (κ2) is 8.51. The third-order valence-corrected chi connectivity index (χ3v) is 4.05. The molecule has 1 fully saturated rings. The van der Waals surface area contributed by atoms with Crippen LogP contribution in [-0.4, -0.2) is 43.6 Å². The molecule has 1 aliphatic rings. The van der Waals surface area contributed by atoms with Crippen molar-refractivity contribution in [3.05, 3.63) is 35.9 Å². The lowest BCUT2D eigenvalue weighted by Gasteiger charge is -2.44. The number of hydrogen-bond donors (Lipinski definition) is 2. The first-order valence-electron chi connectivity index (χ1n) is 8.74. The summed E-state index contributed by atoms with van der Waals surface area (Å²) in [6.07, 6.45) is -1.14. The van der Waals surface area contributed by atoms with Crippen LogP contribution < -0.4 is 10.6 Å². The summed E-state index contributed by atoms with van der Waals surface area (Å²) >= 11 is 0. The van der Waals surface area contributed by atoms with Crippen LogP contribution in [0.4, 0.5) is 4.79 Å². The van der Waals surface area contributed by atoms with Gasteiger partial charge in [-0.1, -0.05) is 44.2 Å². The zero-order valence-corrected chi connectivity index (χ0v) is 15.8. The molecule has 0 aromatic heterocycles. The molecule has 0 aliphatic carbocycles. The van der Waals surface area contributed by atoms with E-state index >= 15 is 0 Å². The smallest absolute Gasteiger partial charge is 0.407 e. The highest BCUT2D eigenvalue weighted by molar-refractivity contribution is 5.81. The van der Waals surface area contributed by atoms with Crippen LogP contribution in [0.15, 0.2) is 30.3 Å². The van der Waals surface area contributed by atoms with Gasteiger partial charge in [0, 0.05) is 18.5 Å². The molecule has 7 heteroatoms. The van der Waals surface area contributed by atoms with Crippen molar-refractivity contribution in [1.82, 2.24) is 10.6 Å². The van der Waals surface area contributed by atoms with E-state index in [-0.39, 0.29) is 25.6 Å². The lowest BCUT2D eigenvalue weighted by molar-refractivity contribution is -0.304. The molecule has 0 saturated carbocycles. The summed E-state index contributed by atoms with van der Waals surface area (Å²) < 4.78 is 16.5. The molecule has 7 nitrogen and oxygen atoms in total. The summed E-state index contributed by atoms with van der Waals surface area (Å²) in [5.41, 5.74) is 0.485. The number of alkyl carbamates (subject to hydrolysis) is 1. The molecule has 0 spiro atoms. The molecule has 1 saturated heterocycles. The molecular weight excluding hydrogens is 336 g/mol. The van der Waals surface area contributed by atoms with E-state index < -0.39 is 23.4 Å². The Morgan fingerprint density at radius 2 is 1.77 bits per heavy atom. The summed E-state index contributed by atoms with van der Waals surface area (Å²) in [6, 6.07) is 9.42. The third-order valence-electron chi connectivity index (χ3n) is 4.05. The minimum atomic E-state index is -0.795. The van der Waals surface area contributed by atoms with Crippen molar-refractivity contribution in [1.29, 1.82) is 0 Å². The number of ether oxygens (including phenoxy) is 3. The van der Waals surface area contributed by atoms with E-state index in [0.29, 0.717) is 6.61 Å². The van der Waals surface area contributed by atoms with E-state index in [1.54, 1.807) is 13.8 Å². The van der Waals surface area contributed by atoms with Crippen LogP contribution in [0.1, 0.15) is 33.3 Å². The van der Waals surface area contributed by atoms with Crippen LogP contribution >= 0.6 is 0 Å². The van der Waals surface area contributed by atoms with Crippen LogP contribution in [0.2, 0.25) is 0 Å². The predicted molar refractivity (Wildman–Crippen MR) is 96.3 cm³/mol. The van der Waals surface area contributed by atoms with Gasteiger partial charge in [-0.2, -0.15) is 0 Å². The highest BCUT2D eigenvalue weighted by atomic mass is 16.7. The van der Waals surface area contributed by atoms with Crippen LogP contribution in [0.25, 0.3) is 0 Å². The first-order chi connectivity index (χ1) is 12.2. The number of nitrogens with one attached hydrogen (secondary N) is 2. The fourth-order valence-corrected chi connectivity index (χ4v) is 2.54. The minimum Gasteiger partial charge on any atom is -0.445 e. The summed E-state index contributed by atoms with van der Waals surface area (Å²) in [6.45, 7) is 8.61. The van der Waals surface area contributed by atoms with Gasteiger partial charge in [-0.05, 0) is 19.4 Å². The largest absolute Gasteiger partial charge is 0.445 e. The third kappa shape index (κ3) is 6.00. The summed E-state index contributed by atoms with van der Waals surface area (Å²) in [5.74, 6) is -1.01. The fraction of sp³-hybridized carbons (Fsp3) is 0.579. The SMILES string of the molecule is CC1(C)OCC(C)(C)C(C(=O)NCCNC(=O)OCc2ccccc2)O1. The highest BCUT2D eigenvalue weighted by Crippen LogP contribution is 2.34. The Kier molecular flexibility index (Phi) is 6.61. The molecule has 1 aliphatic heterocycles. The van der Waals surface area contributed by atoms with Gasteiger partial charge in [-0.25, -0.2) is 4.79 Å². The van der Waals surface area contributed by atoms with Gasteiger partial charge < -0.3 is 24.8 Å². The standard InChI is InChI=1S/C19H28N2O5/c1-18(2)13-25-19(3,4)26-15(18)16(22)20-10-11-21-17(23)24-12-14-8-6-5-7-9-14/h5-9,15H,10-13H2,1-4H3,(H,20,22)(H,21,23). The van der Waals surface area contributed by atoms with E-state index in [2.05, 4.69) is 10.6 Å². The summed E-state index contributed by atoms with van der Waals surface area (Å²) in [7, 11) is 0. The topological polar surface area (TPSA) is 85.9 Å².